The SMILES string of the molecule is Nc1ccc(N2CCCSCCC2)c(F)c1. The maximum atomic E-state index is 13.7. The lowest BCUT2D eigenvalue weighted by atomic mass is 10.2. The van der Waals surface area contributed by atoms with E-state index in [1.54, 1.807) is 12.1 Å². The van der Waals surface area contributed by atoms with Gasteiger partial charge in [-0.15, -0.1) is 0 Å². The quantitative estimate of drug-likeness (QED) is 0.765. The Bertz CT molecular complexity index is 349. The van der Waals surface area contributed by atoms with Gasteiger partial charge in [-0.3, -0.25) is 0 Å². The Morgan fingerprint density at radius 1 is 1.19 bits per heavy atom. The highest BCUT2D eigenvalue weighted by molar-refractivity contribution is 7.99. The lowest BCUT2D eigenvalue weighted by Gasteiger charge is -2.27. The van der Waals surface area contributed by atoms with Gasteiger partial charge in [0.05, 0.1) is 5.69 Å². The predicted molar refractivity (Wildman–Crippen MR) is 69.6 cm³/mol. The van der Waals surface area contributed by atoms with Crippen molar-refractivity contribution in [1.29, 1.82) is 0 Å². The standard InChI is InChI=1S/C12H17FN2S/c13-11-9-10(14)3-4-12(11)15-5-1-7-16-8-2-6-15/h3-4,9H,1-2,5-8,14H2. The van der Waals surface area contributed by atoms with Crippen LogP contribution in [0.15, 0.2) is 18.2 Å². The highest BCUT2D eigenvalue weighted by Crippen LogP contribution is 2.23. The lowest BCUT2D eigenvalue weighted by molar-refractivity contribution is 0.613. The summed E-state index contributed by atoms with van der Waals surface area (Å²) in [6.07, 6.45) is 2.24. The number of halogens is 1. The third-order valence-corrected chi connectivity index (χ3v) is 3.90. The van der Waals surface area contributed by atoms with Crippen molar-refractivity contribution in [3.05, 3.63) is 24.0 Å². The number of nitrogen functional groups attached to an aromatic ring is 1. The van der Waals surface area contributed by atoms with E-state index in [1.807, 2.05) is 11.8 Å². The van der Waals surface area contributed by atoms with Crippen LogP contribution in [0.25, 0.3) is 0 Å². The number of rotatable bonds is 1. The molecule has 2 rings (SSSR count). The van der Waals surface area contributed by atoms with Crippen molar-refractivity contribution in [3.63, 3.8) is 0 Å². The summed E-state index contributed by atoms with van der Waals surface area (Å²) in [5.74, 6) is 2.15. The van der Waals surface area contributed by atoms with Gasteiger partial charge in [-0.25, -0.2) is 4.39 Å². The van der Waals surface area contributed by atoms with E-state index in [2.05, 4.69) is 4.90 Å². The van der Waals surface area contributed by atoms with Gasteiger partial charge in [0.1, 0.15) is 5.82 Å². The molecule has 4 heteroatoms. The van der Waals surface area contributed by atoms with E-state index in [9.17, 15) is 4.39 Å². The molecule has 0 amide bonds. The van der Waals surface area contributed by atoms with E-state index < -0.39 is 0 Å². The minimum absolute atomic E-state index is 0.201. The molecule has 0 atom stereocenters. The molecule has 0 unspecified atom stereocenters. The van der Waals surface area contributed by atoms with Crippen LogP contribution >= 0.6 is 11.8 Å². The fourth-order valence-electron chi connectivity index (χ4n) is 1.95. The van der Waals surface area contributed by atoms with Crippen molar-refractivity contribution < 1.29 is 4.39 Å². The Labute approximate surface area is 100 Å². The first-order chi connectivity index (χ1) is 7.77. The summed E-state index contributed by atoms with van der Waals surface area (Å²) in [7, 11) is 0. The largest absolute Gasteiger partial charge is 0.399 e. The first-order valence-corrected chi connectivity index (χ1v) is 6.80. The van der Waals surface area contributed by atoms with Gasteiger partial charge in [-0.2, -0.15) is 11.8 Å². The monoisotopic (exact) mass is 240 g/mol. The average molecular weight is 240 g/mol. The molecule has 1 heterocycles. The van der Waals surface area contributed by atoms with Crippen molar-refractivity contribution in [2.75, 3.05) is 35.2 Å². The van der Waals surface area contributed by atoms with E-state index in [4.69, 9.17) is 5.73 Å². The zero-order valence-corrected chi connectivity index (χ0v) is 10.1. The summed E-state index contributed by atoms with van der Waals surface area (Å²) >= 11 is 1.99. The van der Waals surface area contributed by atoms with Crippen LogP contribution in [0.1, 0.15) is 12.8 Å². The molecular formula is C12H17FN2S. The molecule has 0 aliphatic carbocycles. The fourth-order valence-corrected chi connectivity index (χ4v) is 2.82. The van der Waals surface area contributed by atoms with Crippen LogP contribution in [0.3, 0.4) is 0 Å². The number of hydrogen-bond acceptors (Lipinski definition) is 3. The van der Waals surface area contributed by atoms with E-state index >= 15 is 0 Å². The molecule has 1 aromatic carbocycles. The van der Waals surface area contributed by atoms with Gasteiger partial charge in [0.15, 0.2) is 0 Å². The minimum atomic E-state index is -0.201. The van der Waals surface area contributed by atoms with Crippen LogP contribution in [0.4, 0.5) is 15.8 Å². The number of benzene rings is 1. The van der Waals surface area contributed by atoms with Crippen molar-refractivity contribution in [3.8, 4) is 0 Å². The molecular weight excluding hydrogens is 223 g/mol. The van der Waals surface area contributed by atoms with Crippen LogP contribution < -0.4 is 10.6 Å². The highest BCUT2D eigenvalue weighted by Gasteiger charge is 2.12. The predicted octanol–water partition coefficient (Wildman–Crippen LogP) is 2.74. The molecule has 0 bridgehead atoms. The summed E-state index contributed by atoms with van der Waals surface area (Å²) in [5, 5.41) is 0. The molecule has 2 N–H and O–H groups in total. The third-order valence-electron chi connectivity index (χ3n) is 2.75. The zero-order chi connectivity index (χ0) is 11.4. The normalized spacial score (nSPS) is 17.9. The van der Waals surface area contributed by atoms with Crippen molar-refractivity contribution in [2.45, 2.75) is 12.8 Å². The lowest BCUT2D eigenvalue weighted by Crippen LogP contribution is -2.28. The fraction of sp³-hybridized carbons (Fsp3) is 0.500. The van der Waals surface area contributed by atoms with Gasteiger partial charge in [-0.1, -0.05) is 0 Å². The molecule has 0 spiro atoms. The molecule has 88 valence electrons. The number of anilines is 2. The maximum Gasteiger partial charge on any atom is 0.148 e. The molecule has 16 heavy (non-hydrogen) atoms. The van der Waals surface area contributed by atoms with E-state index in [-0.39, 0.29) is 5.82 Å². The van der Waals surface area contributed by atoms with E-state index in [1.165, 1.54) is 17.6 Å². The van der Waals surface area contributed by atoms with Gasteiger partial charge in [0.2, 0.25) is 0 Å². The molecule has 0 aromatic heterocycles. The Kier molecular flexibility index (Phi) is 3.93. The Morgan fingerprint density at radius 3 is 2.50 bits per heavy atom. The van der Waals surface area contributed by atoms with Gasteiger partial charge < -0.3 is 10.6 Å². The van der Waals surface area contributed by atoms with Gasteiger partial charge in [0, 0.05) is 18.8 Å². The van der Waals surface area contributed by atoms with Crippen LogP contribution in [-0.2, 0) is 0 Å². The van der Waals surface area contributed by atoms with E-state index in [0.29, 0.717) is 11.4 Å². The number of nitrogens with two attached hydrogens (primary N) is 1. The van der Waals surface area contributed by atoms with Gasteiger partial charge in [-0.05, 0) is 42.5 Å². The summed E-state index contributed by atoms with van der Waals surface area (Å²) in [4.78, 5) is 2.13. The highest BCUT2D eigenvalue weighted by atomic mass is 32.2. The number of hydrogen-bond donors (Lipinski definition) is 1. The summed E-state index contributed by atoms with van der Waals surface area (Å²) in [5.41, 5.74) is 6.74. The minimum Gasteiger partial charge on any atom is -0.399 e. The Balaban J connectivity index is 2.14. The summed E-state index contributed by atoms with van der Waals surface area (Å²) in [6.45, 7) is 1.88. The van der Waals surface area contributed by atoms with Gasteiger partial charge >= 0.3 is 0 Å². The molecule has 1 aliphatic rings. The van der Waals surface area contributed by atoms with Crippen molar-refractivity contribution >= 4 is 23.1 Å². The molecule has 1 aromatic rings. The first-order valence-electron chi connectivity index (χ1n) is 5.65. The van der Waals surface area contributed by atoms with Crippen LogP contribution in [-0.4, -0.2) is 24.6 Å². The summed E-state index contributed by atoms with van der Waals surface area (Å²) < 4.78 is 13.7. The second-order valence-electron chi connectivity index (χ2n) is 4.02. The van der Waals surface area contributed by atoms with Crippen LogP contribution in [0.5, 0.6) is 0 Å². The van der Waals surface area contributed by atoms with Crippen molar-refractivity contribution in [1.82, 2.24) is 0 Å². The maximum absolute atomic E-state index is 13.7. The third kappa shape index (κ3) is 2.82. The van der Waals surface area contributed by atoms with Crippen molar-refractivity contribution in [2.24, 2.45) is 0 Å². The number of nitrogens with zero attached hydrogens (tertiary/aromatic N) is 1. The second-order valence-corrected chi connectivity index (χ2v) is 5.24. The topological polar surface area (TPSA) is 29.3 Å². The molecule has 1 saturated heterocycles. The zero-order valence-electron chi connectivity index (χ0n) is 9.29. The molecule has 0 radical (unpaired) electrons. The Morgan fingerprint density at radius 2 is 1.88 bits per heavy atom. The molecule has 0 saturated carbocycles. The van der Waals surface area contributed by atoms with Crippen LogP contribution in [0, 0.1) is 5.82 Å². The smallest absolute Gasteiger partial charge is 0.148 e. The molecule has 1 aliphatic heterocycles. The van der Waals surface area contributed by atoms with E-state index in [0.717, 1.165) is 25.9 Å². The van der Waals surface area contributed by atoms with Crippen LogP contribution in [0.2, 0.25) is 0 Å². The Hall–Kier alpha value is -0.900. The first kappa shape index (κ1) is 11.6. The molecule has 1 fully saturated rings. The molecule has 2 nitrogen and oxygen atoms in total. The number of thioether (sulfide) groups is 1. The second kappa shape index (κ2) is 5.43. The summed E-state index contributed by atoms with van der Waals surface area (Å²) in [6, 6.07) is 4.97. The van der Waals surface area contributed by atoms with Gasteiger partial charge in [0.25, 0.3) is 0 Å². The average Bonchev–Trinajstić information content (AvgIpc) is 2.19.